The van der Waals surface area contributed by atoms with Crippen molar-refractivity contribution in [2.75, 3.05) is 6.61 Å². The van der Waals surface area contributed by atoms with E-state index in [1.807, 2.05) is 42.5 Å². The van der Waals surface area contributed by atoms with Gasteiger partial charge in [0.05, 0.1) is 24.4 Å². The van der Waals surface area contributed by atoms with E-state index < -0.39 is 9.05 Å². The van der Waals surface area contributed by atoms with Crippen molar-refractivity contribution in [3.63, 3.8) is 0 Å². The lowest BCUT2D eigenvalue weighted by molar-refractivity contribution is 0.0933. The number of pyridine rings is 1. The van der Waals surface area contributed by atoms with E-state index in [1.54, 1.807) is 6.07 Å². The molecule has 1 aliphatic rings. The average Bonchev–Trinajstić information content (AvgIpc) is 2.69. The van der Waals surface area contributed by atoms with Gasteiger partial charge in [-0.3, -0.25) is 0 Å². The predicted octanol–water partition coefficient (Wildman–Crippen LogP) is 4.25. The van der Waals surface area contributed by atoms with Crippen LogP contribution < -0.4 is 5.32 Å². The minimum Gasteiger partial charge on any atom is -0.375 e. The molecule has 0 saturated carbocycles. The SMILES string of the molecule is O=S(=O)(Cl)c1cccc2ccc(/C=C\C[C@@H]3COCc4ccccc4CN3)nc12. The van der Waals surface area contributed by atoms with E-state index in [9.17, 15) is 8.42 Å². The molecule has 1 atom stereocenters. The van der Waals surface area contributed by atoms with E-state index in [1.165, 1.54) is 17.2 Å². The van der Waals surface area contributed by atoms with Gasteiger partial charge in [0.15, 0.2) is 0 Å². The van der Waals surface area contributed by atoms with Crippen LogP contribution in [0.5, 0.6) is 0 Å². The van der Waals surface area contributed by atoms with Crippen molar-refractivity contribution in [2.24, 2.45) is 0 Å². The van der Waals surface area contributed by atoms with Crippen LogP contribution in [0.1, 0.15) is 23.2 Å². The average molecular weight is 429 g/mol. The van der Waals surface area contributed by atoms with Crippen molar-refractivity contribution >= 4 is 36.7 Å². The molecule has 0 fully saturated rings. The summed E-state index contributed by atoms with van der Waals surface area (Å²) in [7, 11) is 1.70. The molecule has 0 radical (unpaired) electrons. The Morgan fingerprint density at radius 1 is 1.10 bits per heavy atom. The number of ether oxygens (including phenoxy) is 1. The summed E-state index contributed by atoms with van der Waals surface area (Å²) < 4.78 is 29.5. The second kappa shape index (κ2) is 8.63. The molecule has 0 bridgehead atoms. The van der Waals surface area contributed by atoms with Crippen LogP contribution in [0, 0.1) is 0 Å². The third kappa shape index (κ3) is 4.85. The van der Waals surface area contributed by atoms with Crippen LogP contribution in [-0.4, -0.2) is 26.1 Å². The molecule has 0 unspecified atom stereocenters. The molecule has 3 aromatic rings. The van der Waals surface area contributed by atoms with Gasteiger partial charge in [-0.25, -0.2) is 13.4 Å². The highest BCUT2D eigenvalue weighted by atomic mass is 35.7. The summed E-state index contributed by atoms with van der Waals surface area (Å²) >= 11 is 0. The van der Waals surface area contributed by atoms with Gasteiger partial charge in [-0.15, -0.1) is 0 Å². The molecule has 5 nitrogen and oxygen atoms in total. The predicted molar refractivity (Wildman–Crippen MR) is 115 cm³/mol. The van der Waals surface area contributed by atoms with Crippen molar-refractivity contribution < 1.29 is 13.2 Å². The Bertz CT molecular complexity index is 1160. The fourth-order valence-electron chi connectivity index (χ4n) is 3.42. The maximum atomic E-state index is 11.8. The van der Waals surface area contributed by atoms with E-state index >= 15 is 0 Å². The third-order valence-corrected chi connectivity index (χ3v) is 6.31. The second-order valence-corrected chi connectivity index (χ2v) is 9.54. The number of nitrogens with zero attached hydrogens (tertiary/aromatic N) is 1. The van der Waals surface area contributed by atoms with Gasteiger partial charge in [0.1, 0.15) is 4.90 Å². The Kier molecular flexibility index (Phi) is 5.96. The molecule has 29 heavy (non-hydrogen) atoms. The molecule has 2 heterocycles. The first kappa shape index (κ1) is 20.0. The van der Waals surface area contributed by atoms with Gasteiger partial charge in [0.2, 0.25) is 0 Å². The number of benzene rings is 2. The number of halogens is 1. The van der Waals surface area contributed by atoms with Crippen molar-refractivity contribution in [1.29, 1.82) is 0 Å². The Hall–Kier alpha value is -2.25. The standard InChI is InChI=1S/C22H21ClN2O3S/c23-29(26,27)21-10-3-7-16-11-12-19(25-22(16)21)8-4-9-20-15-28-14-18-6-2-1-5-17(18)13-24-20/h1-8,10-12,20,24H,9,13-15H2/b8-4-/t20-/m1/s1. The summed E-state index contributed by atoms with van der Waals surface area (Å²) in [6.07, 6.45) is 4.70. The summed E-state index contributed by atoms with van der Waals surface area (Å²) in [6.45, 7) is 2.06. The molecule has 1 N–H and O–H groups in total. The lowest BCUT2D eigenvalue weighted by Gasteiger charge is -2.22. The van der Waals surface area contributed by atoms with Gasteiger partial charge < -0.3 is 10.1 Å². The zero-order valence-electron chi connectivity index (χ0n) is 15.7. The molecule has 0 spiro atoms. The van der Waals surface area contributed by atoms with Gasteiger partial charge in [-0.1, -0.05) is 48.5 Å². The van der Waals surface area contributed by atoms with Crippen LogP contribution in [-0.2, 0) is 26.9 Å². The van der Waals surface area contributed by atoms with Crippen LogP contribution in [0.25, 0.3) is 17.0 Å². The monoisotopic (exact) mass is 428 g/mol. The summed E-state index contributed by atoms with van der Waals surface area (Å²) in [5, 5.41) is 4.26. The summed E-state index contributed by atoms with van der Waals surface area (Å²) in [5.74, 6) is 0. The van der Waals surface area contributed by atoms with Crippen molar-refractivity contribution in [1.82, 2.24) is 10.3 Å². The molecular formula is C22H21ClN2O3S. The fraction of sp³-hybridized carbons (Fsp3) is 0.227. The number of aromatic nitrogens is 1. The van der Waals surface area contributed by atoms with Crippen LogP contribution in [0.4, 0.5) is 0 Å². The molecule has 2 aromatic carbocycles. The number of para-hydroxylation sites is 1. The summed E-state index contributed by atoms with van der Waals surface area (Å²) in [5.41, 5.74) is 3.54. The van der Waals surface area contributed by atoms with E-state index in [0.29, 0.717) is 24.4 Å². The number of fused-ring (bicyclic) bond motifs is 2. The van der Waals surface area contributed by atoms with Crippen LogP contribution >= 0.6 is 10.7 Å². The lowest BCUT2D eigenvalue weighted by Crippen LogP contribution is -2.34. The van der Waals surface area contributed by atoms with Crippen LogP contribution in [0.15, 0.2) is 65.6 Å². The molecule has 150 valence electrons. The second-order valence-electron chi connectivity index (χ2n) is 7.00. The molecule has 0 amide bonds. The summed E-state index contributed by atoms with van der Waals surface area (Å²) in [4.78, 5) is 4.51. The Labute approximate surface area is 174 Å². The van der Waals surface area contributed by atoms with Crippen LogP contribution in [0.2, 0.25) is 0 Å². The molecule has 0 aliphatic carbocycles. The molecule has 1 aliphatic heterocycles. The van der Waals surface area contributed by atoms with E-state index in [4.69, 9.17) is 15.4 Å². The van der Waals surface area contributed by atoms with Crippen molar-refractivity contribution in [2.45, 2.75) is 30.5 Å². The van der Waals surface area contributed by atoms with E-state index in [-0.39, 0.29) is 10.9 Å². The highest BCUT2D eigenvalue weighted by Crippen LogP contribution is 2.24. The number of nitrogens with one attached hydrogen (secondary N) is 1. The van der Waals surface area contributed by atoms with E-state index in [2.05, 4.69) is 22.4 Å². The smallest absolute Gasteiger partial charge is 0.263 e. The molecule has 4 rings (SSSR count). The van der Waals surface area contributed by atoms with Gasteiger partial charge in [0, 0.05) is 28.7 Å². The minimum atomic E-state index is -3.86. The Morgan fingerprint density at radius 3 is 2.76 bits per heavy atom. The highest BCUT2D eigenvalue weighted by Gasteiger charge is 2.15. The molecule has 1 aromatic heterocycles. The first-order chi connectivity index (χ1) is 14.0. The maximum absolute atomic E-state index is 11.8. The van der Waals surface area contributed by atoms with Crippen molar-refractivity contribution in [3.8, 4) is 0 Å². The maximum Gasteiger partial charge on any atom is 0.263 e. The lowest BCUT2D eigenvalue weighted by atomic mass is 10.1. The topological polar surface area (TPSA) is 68.3 Å². The van der Waals surface area contributed by atoms with Gasteiger partial charge in [0.25, 0.3) is 9.05 Å². The van der Waals surface area contributed by atoms with Crippen LogP contribution in [0.3, 0.4) is 0 Å². The zero-order chi connectivity index (χ0) is 20.3. The van der Waals surface area contributed by atoms with Gasteiger partial charge >= 0.3 is 0 Å². The highest BCUT2D eigenvalue weighted by molar-refractivity contribution is 8.14. The zero-order valence-corrected chi connectivity index (χ0v) is 17.3. The first-order valence-electron chi connectivity index (χ1n) is 9.39. The number of rotatable bonds is 4. The fourth-order valence-corrected chi connectivity index (χ4v) is 4.43. The van der Waals surface area contributed by atoms with Gasteiger partial charge in [-0.2, -0.15) is 0 Å². The van der Waals surface area contributed by atoms with Gasteiger partial charge in [-0.05, 0) is 35.8 Å². The largest absolute Gasteiger partial charge is 0.375 e. The van der Waals surface area contributed by atoms with Crippen molar-refractivity contribution in [3.05, 3.63) is 77.5 Å². The third-order valence-electron chi connectivity index (χ3n) is 4.95. The summed E-state index contributed by atoms with van der Waals surface area (Å²) in [6, 6.07) is 17.1. The number of hydrogen-bond donors (Lipinski definition) is 1. The quantitative estimate of drug-likeness (QED) is 0.629. The molecular weight excluding hydrogens is 408 g/mol. The molecule has 0 saturated heterocycles. The Morgan fingerprint density at radius 2 is 1.93 bits per heavy atom. The number of hydrogen-bond acceptors (Lipinski definition) is 5. The minimum absolute atomic E-state index is 0.0284. The molecule has 7 heteroatoms. The Balaban J connectivity index is 1.47. The van der Waals surface area contributed by atoms with E-state index in [0.717, 1.165) is 18.4 Å². The normalized spacial score (nSPS) is 17.8. The first-order valence-corrected chi connectivity index (χ1v) is 11.7.